The second-order valence-corrected chi connectivity index (χ2v) is 5.79. The van der Waals surface area contributed by atoms with Gasteiger partial charge in [0.1, 0.15) is 0 Å². The van der Waals surface area contributed by atoms with Gasteiger partial charge in [-0.3, -0.25) is 0 Å². The van der Waals surface area contributed by atoms with E-state index in [4.69, 9.17) is 0 Å². The van der Waals surface area contributed by atoms with Crippen molar-refractivity contribution >= 4 is 5.69 Å². The Kier molecular flexibility index (Phi) is 3.55. The Morgan fingerprint density at radius 2 is 2.22 bits per heavy atom. The molecule has 18 heavy (non-hydrogen) atoms. The summed E-state index contributed by atoms with van der Waals surface area (Å²) in [6.07, 6.45) is 7.89. The van der Waals surface area contributed by atoms with Crippen molar-refractivity contribution in [3.05, 3.63) is 29.3 Å². The third-order valence-corrected chi connectivity index (χ3v) is 4.46. The van der Waals surface area contributed by atoms with Crippen LogP contribution in [0.5, 0.6) is 0 Å². The van der Waals surface area contributed by atoms with Crippen molar-refractivity contribution in [2.45, 2.75) is 44.6 Å². The van der Waals surface area contributed by atoms with Crippen molar-refractivity contribution in [1.82, 2.24) is 5.32 Å². The quantitative estimate of drug-likeness (QED) is 0.860. The zero-order valence-corrected chi connectivity index (χ0v) is 11.4. The molecule has 1 fully saturated rings. The molecule has 0 radical (unpaired) electrons. The first-order valence-corrected chi connectivity index (χ1v) is 7.40. The summed E-state index contributed by atoms with van der Waals surface area (Å²) < 4.78 is 0. The van der Waals surface area contributed by atoms with E-state index in [0.29, 0.717) is 6.04 Å². The van der Waals surface area contributed by atoms with E-state index in [0.717, 1.165) is 0 Å². The van der Waals surface area contributed by atoms with Crippen LogP contribution in [0.25, 0.3) is 0 Å². The number of benzene rings is 1. The number of anilines is 1. The van der Waals surface area contributed by atoms with E-state index in [-0.39, 0.29) is 0 Å². The van der Waals surface area contributed by atoms with Gasteiger partial charge in [0, 0.05) is 25.3 Å². The Morgan fingerprint density at radius 3 is 3.06 bits per heavy atom. The van der Waals surface area contributed by atoms with Crippen molar-refractivity contribution in [2.75, 3.05) is 25.0 Å². The predicted octanol–water partition coefficient (Wildman–Crippen LogP) is 2.75. The SMILES string of the molecule is CN1CCCc2c(CC3CCCCN3)cccc21. The number of rotatable bonds is 2. The van der Waals surface area contributed by atoms with Crippen molar-refractivity contribution in [3.8, 4) is 0 Å². The zero-order valence-electron chi connectivity index (χ0n) is 11.4. The molecule has 1 atom stereocenters. The van der Waals surface area contributed by atoms with Crippen LogP contribution in [0.3, 0.4) is 0 Å². The minimum absolute atomic E-state index is 0.706. The Hall–Kier alpha value is -1.02. The van der Waals surface area contributed by atoms with Crippen molar-refractivity contribution in [2.24, 2.45) is 0 Å². The number of hydrogen-bond acceptors (Lipinski definition) is 2. The number of hydrogen-bond donors (Lipinski definition) is 1. The van der Waals surface area contributed by atoms with Gasteiger partial charge < -0.3 is 10.2 Å². The fourth-order valence-electron chi connectivity index (χ4n) is 3.44. The van der Waals surface area contributed by atoms with Gasteiger partial charge in [0.2, 0.25) is 0 Å². The minimum Gasteiger partial charge on any atom is -0.374 e. The van der Waals surface area contributed by atoms with Gasteiger partial charge >= 0.3 is 0 Å². The molecule has 2 heteroatoms. The van der Waals surface area contributed by atoms with E-state index in [1.54, 1.807) is 11.1 Å². The molecule has 98 valence electrons. The summed E-state index contributed by atoms with van der Waals surface area (Å²) in [5.41, 5.74) is 4.66. The van der Waals surface area contributed by atoms with Crippen LogP contribution in [0.1, 0.15) is 36.8 Å². The van der Waals surface area contributed by atoms with Crippen LogP contribution in [0, 0.1) is 0 Å². The van der Waals surface area contributed by atoms with E-state index >= 15 is 0 Å². The summed E-state index contributed by atoms with van der Waals surface area (Å²) in [5, 5.41) is 3.67. The van der Waals surface area contributed by atoms with Crippen molar-refractivity contribution in [1.29, 1.82) is 0 Å². The maximum atomic E-state index is 3.67. The Bertz CT molecular complexity index is 408. The fourth-order valence-corrected chi connectivity index (χ4v) is 3.44. The van der Waals surface area contributed by atoms with Crippen LogP contribution in [0.15, 0.2) is 18.2 Å². The van der Waals surface area contributed by atoms with Gasteiger partial charge in [-0.05, 0) is 55.8 Å². The lowest BCUT2D eigenvalue weighted by Crippen LogP contribution is -2.36. The highest BCUT2D eigenvalue weighted by molar-refractivity contribution is 5.58. The molecule has 2 aliphatic rings. The normalized spacial score (nSPS) is 23.8. The van der Waals surface area contributed by atoms with Crippen LogP contribution in [0.4, 0.5) is 5.69 Å². The van der Waals surface area contributed by atoms with Crippen molar-refractivity contribution < 1.29 is 0 Å². The molecule has 0 amide bonds. The average molecular weight is 244 g/mol. The highest BCUT2D eigenvalue weighted by Crippen LogP contribution is 2.30. The highest BCUT2D eigenvalue weighted by Gasteiger charge is 2.19. The summed E-state index contributed by atoms with van der Waals surface area (Å²) in [6, 6.07) is 7.57. The van der Waals surface area contributed by atoms with Gasteiger partial charge in [-0.2, -0.15) is 0 Å². The molecular formula is C16H24N2. The maximum Gasteiger partial charge on any atom is 0.0398 e. The lowest BCUT2D eigenvalue weighted by atomic mass is 9.90. The third kappa shape index (κ3) is 2.39. The van der Waals surface area contributed by atoms with E-state index in [1.165, 1.54) is 57.3 Å². The van der Waals surface area contributed by atoms with E-state index < -0.39 is 0 Å². The summed E-state index contributed by atoms with van der Waals surface area (Å²) >= 11 is 0. The van der Waals surface area contributed by atoms with E-state index in [1.807, 2.05) is 0 Å². The maximum absolute atomic E-state index is 3.67. The van der Waals surface area contributed by atoms with Gasteiger partial charge in [-0.1, -0.05) is 18.6 Å². The van der Waals surface area contributed by atoms with Crippen molar-refractivity contribution in [3.63, 3.8) is 0 Å². The molecule has 3 rings (SSSR count). The largest absolute Gasteiger partial charge is 0.374 e. The Labute approximate surface area is 110 Å². The Morgan fingerprint density at radius 1 is 1.28 bits per heavy atom. The first kappa shape index (κ1) is 12.0. The molecule has 0 saturated carbocycles. The molecule has 2 nitrogen and oxygen atoms in total. The monoisotopic (exact) mass is 244 g/mol. The lowest BCUT2D eigenvalue weighted by Gasteiger charge is -2.31. The zero-order chi connectivity index (χ0) is 12.4. The molecule has 0 bridgehead atoms. The van der Waals surface area contributed by atoms with Gasteiger partial charge in [0.15, 0.2) is 0 Å². The first-order chi connectivity index (χ1) is 8.84. The van der Waals surface area contributed by atoms with E-state index in [2.05, 4.69) is 35.5 Å². The smallest absolute Gasteiger partial charge is 0.0398 e. The van der Waals surface area contributed by atoms with Crippen LogP contribution in [-0.2, 0) is 12.8 Å². The molecule has 1 aromatic rings. The molecule has 2 heterocycles. The molecule has 1 saturated heterocycles. The summed E-state index contributed by atoms with van der Waals surface area (Å²) in [7, 11) is 2.22. The molecule has 2 aliphatic heterocycles. The topological polar surface area (TPSA) is 15.3 Å². The highest BCUT2D eigenvalue weighted by atomic mass is 15.1. The van der Waals surface area contributed by atoms with Gasteiger partial charge in [-0.15, -0.1) is 0 Å². The van der Waals surface area contributed by atoms with Crippen LogP contribution in [0.2, 0.25) is 0 Å². The average Bonchev–Trinajstić information content (AvgIpc) is 2.41. The van der Waals surface area contributed by atoms with Crippen LogP contribution >= 0.6 is 0 Å². The molecule has 0 aromatic heterocycles. The number of piperidine rings is 1. The number of nitrogens with one attached hydrogen (secondary N) is 1. The van der Waals surface area contributed by atoms with Crippen LogP contribution in [-0.4, -0.2) is 26.2 Å². The van der Waals surface area contributed by atoms with Gasteiger partial charge in [0.25, 0.3) is 0 Å². The molecule has 0 aliphatic carbocycles. The number of fused-ring (bicyclic) bond motifs is 1. The molecule has 1 N–H and O–H groups in total. The second-order valence-electron chi connectivity index (χ2n) is 5.79. The van der Waals surface area contributed by atoms with Gasteiger partial charge in [-0.25, -0.2) is 0 Å². The van der Waals surface area contributed by atoms with E-state index in [9.17, 15) is 0 Å². The summed E-state index contributed by atoms with van der Waals surface area (Å²) in [6.45, 7) is 2.41. The standard InChI is InChI=1S/C16H24N2/c1-18-11-5-8-15-13(6-4-9-16(15)18)12-14-7-2-3-10-17-14/h4,6,9,14,17H,2-3,5,7-8,10-12H2,1H3. The minimum atomic E-state index is 0.706. The fraction of sp³-hybridized carbons (Fsp3) is 0.625. The van der Waals surface area contributed by atoms with Gasteiger partial charge in [0.05, 0.1) is 0 Å². The third-order valence-electron chi connectivity index (χ3n) is 4.46. The Balaban J connectivity index is 1.81. The first-order valence-electron chi connectivity index (χ1n) is 7.40. The lowest BCUT2D eigenvalue weighted by molar-refractivity contribution is 0.398. The van der Waals surface area contributed by atoms with Crippen LogP contribution < -0.4 is 10.2 Å². The molecular weight excluding hydrogens is 220 g/mol. The molecule has 1 unspecified atom stereocenters. The predicted molar refractivity (Wildman–Crippen MR) is 77.4 cm³/mol. The second kappa shape index (κ2) is 5.31. The molecule has 1 aromatic carbocycles. The summed E-state index contributed by atoms with van der Waals surface area (Å²) in [4.78, 5) is 2.41. The summed E-state index contributed by atoms with van der Waals surface area (Å²) in [5.74, 6) is 0. The molecule has 0 spiro atoms. The number of nitrogens with zero attached hydrogens (tertiary/aromatic N) is 1.